The van der Waals surface area contributed by atoms with Crippen molar-refractivity contribution < 1.29 is 10.2 Å². The lowest BCUT2D eigenvalue weighted by atomic mass is 9.93. The van der Waals surface area contributed by atoms with Crippen molar-refractivity contribution in [1.82, 2.24) is 0 Å². The van der Waals surface area contributed by atoms with E-state index in [0.717, 1.165) is 11.1 Å². The third-order valence-corrected chi connectivity index (χ3v) is 2.58. The Morgan fingerprint density at radius 3 is 2.40 bits per heavy atom. The molecule has 0 bridgehead atoms. The predicted octanol–water partition coefficient (Wildman–Crippen LogP) is 2.34. The molecule has 0 aliphatic carbocycles. The van der Waals surface area contributed by atoms with Gasteiger partial charge in [-0.3, -0.25) is 0 Å². The summed E-state index contributed by atoms with van der Waals surface area (Å²) in [4.78, 5) is 0. The first kappa shape index (κ1) is 12.1. The molecule has 0 aliphatic heterocycles. The van der Waals surface area contributed by atoms with Crippen LogP contribution in [0.2, 0.25) is 5.02 Å². The summed E-state index contributed by atoms with van der Waals surface area (Å²) in [6, 6.07) is 1.49. The summed E-state index contributed by atoms with van der Waals surface area (Å²) >= 11 is 5.94. The van der Waals surface area contributed by atoms with E-state index in [1.807, 2.05) is 20.8 Å². The number of phenols is 2. The minimum absolute atomic E-state index is 0.186. The van der Waals surface area contributed by atoms with E-state index >= 15 is 0 Å². The molecule has 84 valence electrons. The van der Waals surface area contributed by atoms with Crippen molar-refractivity contribution in [3.63, 3.8) is 0 Å². The van der Waals surface area contributed by atoms with Gasteiger partial charge in [0.2, 0.25) is 0 Å². The highest BCUT2D eigenvalue weighted by molar-refractivity contribution is 6.33. The first-order chi connectivity index (χ1) is 6.72. The van der Waals surface area contributed by atoms with E-state index < -0.39 is 5.54 Å². The van der Waals surface area contributed by atoms with Gasteiger partial charge in [-0.25, -0.2) is 0 Å². The minimum Gasteiger partial charge on any atom is -0.504 e. The lowest BCUT2D eigenvalue weighted by Gasteiger charge is -2.21. The van der Waals surface area contributed by atoms with Gasteiger partial charge in [-0.05, 0) is 44.4 Å². The SMILES string of the molecule is Cc1cc(O)c(O)c(Cl)c1CC(C)(C)N. The average molecular weight is 230 g/mol. The number of aryl methyl sites for hydroxylation is 1. The van der Waals surface area contributed by atoms with Crippen molar-refractivity contribution in [2.45, 2.75) is 32.7 Å². The van der Waals surface area contributed by atoms with Crippen LogP contribution in [0.5, 0.6) is 11.5 Å². The Hall–Kier alpha value is -0.930. The molecule has 0 unspecified atom stereocenters. The molecule has 0 amide bonds. The number of nitrogens with two attached hydrogens (primary N) is 1. The van der Waals surface area contributed by atoms with E-state index in [1.165, 1.54) is 6.07 Å². The molecule has 1 aromatic rings. The zero-order chi connectivity index (χ0) is 11.8. The molecule has 0 atom stereocenters. The second-order valence-corrected chi connectivity index (χ2v) is 4.90. The number of halogens is 1. The summed E-state index contributed by atoms with van der Waals surface area (Å²) < 4.78 is 0. The minimum atomic E-state index is -0.405. The van der Waals surface area contributed by atoms with Gasteiger partial charge in [0.15, 0.2) is 11.5 Å². The summed E-state index contributed by atoms with van der Waals surface area (Å²) in [6.07, 6.45) is 0.547. The van der Waals surface area contributed by atoms with Crippen LogP contribution in [0.1, 0.15) is 25.0 Å². The van der Waals surface area contributed by atoms with Crippen LogP contribution in [0.25, 0.3) is 0 Å². The Labute approximate surface area is 94.5 Å². The van der Waals surface area contributed by atoms with Crippen molar-refractivity contribution in [2.24, 2.45) is 5.73 Å². The van der Waals surface area contributed by atoms with E-state index in [1.54, 1.807) is 0 Å². The highest BCUT2D eigenvalue weighted by atomic mass is 35.5. The largest absolute Gasteiger partial charge is 0.504 e. The number of benzene rings is 1. The number of phenolic OH excluding ortho intramolecular Hbond substituents is 2. The van der Waals surface area contributed by atoms with Gasteiger partial charge in [0.05, 0.1) is 5.02 Å². The summed E-state index contributed by atoms with van der Waals surface area (Å²) in [7, 11) is 0. The van der Waals surface area contributed by atoms with Gasteiger partial charge in [-0.2, -0.15) is 0 Å². The maximum atomic E-state index is 9.49. The standard InChI is InChI=1S/C11H16ClNO2/c1-6-4-8(14)10(15)9(12)7(6)5-11(2,3)13/h4,14-15H,5,13H2,1-3H3. The van der Waals surface area contributed by atoms with Crippen LogP contribution in [0, 0.1) is 6.92 Å². The van der Waals surface area contributed by atoms with Crippen molar-refractivity contribution in [3.05, 3.63) is 22.2 Å². The van der Waals surface area contributed by atoms with Gasteiger partial charge < -0.3 is 15.9 Å². The van der Waals surface area contributed by atoms with E-state index in [2.05, 4.69) is 0 Å². The molecule has 0 heterocycles. The second kappa shape index (κ2) is 3.91. The number of hydrogen-bond donors (Lipinski definition) is 3. The fourth-order valence-electron chi connectivity index (χ4n) is 1.46. The summed E-state index contributed by atoms with van der Waals surface area (Å²) in [6.45, 7) is 5.59. The topological polar surface area (TPSA) is 66.5 Å². The van der Waals surface area contributed by atoms with Gasteiger partial charge in [0.25, 0.3) is 0 Å². The molecule has 3 nitrogen and oxygen atoms in total. The molecule has 0 fully saturated rings. The molecule has 0 saturated heterocycles. The second-order valence-electron chi connectivity index (χ2n) is 4.52. The van der Waals surface area contributed by atoms with Gasteiger partial charge in [0, 0.05) is 5.54 Å². The van der Waals surface area contributed by atoms with Gasteiger partial charge in [0.1, 0.15) is 0 Å². The first-order valence-corrected chi connectivity index (χ1v) is 5.09. The number of hydrogen-bond acceptors (Lipinski definition) is 3. The maximum Gasteiger partial charge on any atom is 0.176 e. The molecule has 1 rings (SSSR count). The molecular formula is C11H16ClNO2. The molecule has 0 saturated carbocycles. The van der Waals surface area contributed by atoms with Crippen LogP contribution in [0.4, 0.5) is 0 Å². The zero-order valence-corrected chi connectivity index (χ0v) is 9.89. The molecule has 0 aromatic heterocycles. The third kappa shape index (κ3) is 2.76. The van der Waals surface area contributed by atoms with E-state index in [4.69, 9.17) is 17.3 Å². The van der Waals surface area contributed by atoms with E-state index in [0.29, 0.717) is 6.42 Å². The molecule has 0 spiro atoms. The Kier molecular flexibility index (Phi) is 3.16. The van der Waals surface area contributed by atoms with Crippen LogP contribution < -0.4 is 5.73 Å². The molecule has 4 heteroatoms. The first-order valence-electron chi connectivity index (χ1n) is 4.71. The Balaban J connectivity index is 3.24. The third-order valence-electron chi connectivity index (χ3n) is 2.18. The van der Waals surface area contributed by atoms with Crippen LogP contribution in [0.3, 0.4) is 0 Å². The fourth-order valence-corrected chi connectivity index (χ4v) is 1.77. The average Bonchev–Trinajstić information content (AvgIpc) is 2.07. The quantitative estimate of drug-likeness (QED) is 0.682. The van der Waals surface area contributed by atoms with E-state index in [-0.39, 0.29) is 16.5 Å². The van der Waals surface area contributed by atoms with Crippen LogP contribution >= 0.6 is 11.6 Å². The molecule has 4 N–H and O–H groups in total. The normalized spacial score (nSPS) is 11.8. The number of aromatic hydroxyl groups is 2. The zero-order valence-electron chi connectivity index (χ0n) is 9.13. The predicted molar refractivity (Wildman–Crippen MR) is 61.5 cm³/mol. The van der Waals surface area contributed by atoms with Crippen LogP contribution in [-0.4, -0.2) is 15.8 Å². The monoisotopic (exact) mass is 229 g/mol. The lowest BCUT2D eigenvalue weighted by molar-refractivity contribution is 0.402. The van der Waals surface area contributed by atoms with Gasteiger partial charge in [-0.15, -0.1) is 0 Å². The Morgan fingerprint density at radius 1 is 1.40 bits per heavy atom. The fraction of sp³-hybridized carbons (Fsp3) is 0.455. The Bertz CT molecular complexity index is 383. The number of rotatable bonds is 2. The van der Waals surface area contributed by atoms with E-state index in [9.17, 15) is 10.2 Å². The highest BCUT2D eigenvalue weighted by Crippen LogP contribution is 2.38. The van der Waals surface area contributed by atoms with Crippen LogP contribution in [-0.2, 0) is 6.42 Å². The molecule has 0 aliphatic rings. The molecular weight excluding hydrogens is 214 g/mol. The summed E-state index contributed by atoms with van der Waals surface area (Å²) in [5.74, 6) is -0.474. The Morgan fingerprint density at radius 2 is 1.93 bits per heavy atom. The lowest BCUT2D eigenvalue weighted by Crippen LogP contribution is -2.34. The summed E-state index contributed by atoms with van der Waals surface area (Å²) in [5, 5.41) is 19.0. The maximum absolute atomic E-state index is 9.49. The highest BCUT2D eigenvalue weighted by Gasteiger charge is 2.19. The van der Waals surface area contributed by atoms with Crippen molar-refractivity contribution in [3.8, 4) is 11.5 Å². The van der Waals surface area contributed by atoms with Gasteiger partial charge in [-0.1, -0.05) is 11.6 Å². The van der Waals surface area contributed by atoms with Crippen molar-refractivity contribution in [1.29, 1.82) is 0 Å². The van der Waals surface area contributed by atoms with Gasteiger partial charge >= 0.3 is 0 Å². The molecule has 1 aromatic carbocycles. The molecule has 0 radical (unpaired) electrons. The smallest absolute Gasteiger partial charge is 0.176 e. The van der Waals surface area contributed by atoms with Crippen molar-refractivity contribution in [2.75, 3.05) is 0 Å². The molecule has 15 heavy (non-hydrogen) atoms. The summed E-state index contributed by atoms with van der Waals surface area (Å²) in [5.41, 5.74) is 7.09. The van der Waals surface area contributed by atoms with Crippen molar-refractivity contribution >= 4 is 11.6 Å². The van der Waals surface area contributed by atoms with Crippen LogP contribution in [0.15, 0.2) is 6.07 Å².